The molecule has 1 spiro atoms. The number of benzene rings is 2. The summed E-state index contributed by atoms with van der Waals surface area (Å²) >= 11 is 12.6. The molecule has 1 saturated heterocycles. The van der Waals surface area contributed by atoms with Gasteiger partial charge >= 0.3 is 0 Å². The van der Waals surface area contributed by atoms with Crippen molar-refractivity contribution in [3.05, 3.63) is 69.2 Å². The quantitative estimate of drug-likeness (QED) is 0.560. The van der Waals surface area contributed by atoms with E-state index in [1.807, 2.05) is 24.1 Å². The Morgan fingerprint density at radius 3 is 2.54 bits per heavy atom. The van der Waals surface area contributed by atoms with Crippen LogP contribution < -0.4 is 17.3 Å². The van der Waals surface area contributed by atoms with Crippen molar-refractivity contribution < 1.29 is 26.8 Å². The van der Waals surface area contributed by atoms with Crippen LogP contribution in [0.5, 0.6) is 0 Å². The molecule has 37 heavy (non-hydrogen) atoms. The van der Waals surface area contributed by atoms with Gasteiger partial charge in [0, 0.05) is 44.7 Å². The zero-order chi connectivity index (χ0) is 25.1. The van der Waals surface area contributed by atoms with Crippen LogP contribution >= 0.6 is 23.2 Å². The standard InChI is InChI=1S/C30H38Cl2N2O2.ClH/c1-33(29(35)22-7-3-2-4-8-22)20-24(23-11-12-27(31)28(32)19-23)13-16-34-17-14-30(15-18-34)26-10-6-5-9-25(26)21-36-30;/h5-6,9-12,19,22,24H,2-4,7-8,13-18,20-21H2,1H3;1H. The van der Waals surface area contributed by atoms with Crippen LogP contribution in [0.2, 0.25) is 10.0 Å². The van der Waals surface area contributed by atoms with Gasteiger partial charge in [-0.2, -0.15) is 0 Å². The fourth-order valence-corrected chi connectivity index (χ4v) is 6.95. The molecule has 0 aromatic heterocycles. The number of hydrogen-bond acceptors (Lipinski definition) is 2. The first kappa shape index (κ1) is 28.7. The predicted molar refractivity (Wildman–Crippen MR) is 146 cm³/mol. The van der Waals surface area contributed by atoms with Crippen LogP contribution in [0.1, 0.15) is 74.0 Å². The topological polar surface area (TPSA) is 34.0 Å². The molecule has 2 fully saturated rings. The first-order valence-electron chi connectivity index (χ1n) is 13.7. The van der Waals surface area contributed by atoms with Crippen molar-refractivity contribution in [2.75, 3.05) is 33.2 Å². The van der Waals surface area contributed by atoms with Gasteiger partial charge in [0.15, 0.2) is 0 Å². The summed E-state index contributed by atoms with van der Waals surface area (Å²) in [5, 5.41) is 1.17. The molecular formula is C30H39Cl3N2O2. The van der Waals surface area contributed by atoms with Crippen LogP contribution in [0, 0.1) is 5.92 Å². The molecule has 1 saturated carbocycles. The van der Waals surface area contributed by atoms with Crippen molar-refractivity contribution in [1.82, 2.24) is 4.90 Å². The maximum atomic E-state index is 13.2. The van der Waals surface area contributed by atoms with Gasteiger partial charge in [-0.3, -0.25) is 4.79 Å². The van der Waals surface area contributed by atoms with Gasteiger partial charge in [-0.05, 0) is 41.7 Å². The number of carbonyl (C=O) groups excluding carboxylic acids is 1. The number of hydrogen-bond donors (Lipinski definition) is 1. The number of likely N-dealkylation sites (N-methyl/N-ethyl adjacent to an activating group) is 1. The summed E-state index contributed by atoms with van der Waals surface area (Å²) in [4.78, 5) is 16.8. The summed E-state index contributed by atoms with van der Waals surface area (Å²) < 4.78 is 6.37. The fourth-order valence-electron chi connectivity index (χ4n) is 6.65. The lowest BCUT2D eigenvalue weighted by molar-refractivity contribution is -0.908. The van der Waals surface area contributed by atoms with Gasteiger partial charge < -0.3 is 26.9 Å². The van der Waals surface area contributed by atoms with Gasteiger partial charge in [0.1, 0.15) is 5.60 Å². The average molecular weight is 566 g/mol. The highest BCUT2D eigenvalue weighted by Gasteiger charge is 2.44. The Hall–Kier alpha value is -1.30. The third-order valence-corrected chi connectivity index (χ3v) is 9.60. The molecule has 4 nitrogen and oxygen atoms in total. The molecule has 2 aromatic carbocycles. The fraction of sp³-hybridized carbons (Fsp3) is 0.567. The van der Waals surface area contributed by atoms with Crippen molar-refractivity contribution >= 4 is 29.1 Å². The normalized spacial score (nSPS) is 24.4. The first-order valence-corrected chi connectivity index (χ1v) is 14.5. The molecule has 1 N–H and O–H groups in total. The SMILES string of the molecule is CN(CC(CC[NH+]1CCC2(CC1)OCc1ccccc12)c1ccc(Cl)c(Cl)c1)C(=O)C1CCCCC1.[Cl-]. The van der Waals surface area contributed by atoms with Crippen LogP contribution in [0.25, 0.3) is 0 Å². The van der Waals surface area contributed by atoms with Crippen molar-refractivity contribution in [3.8, 4) is 0 Å². The maximum absolute atomic E-state index is 13.2. The Morgan fingerprint density at radius 1 is 1.08 bits per heavy atom. The van der Waals surface area contributed by atoms with Gasteiger partial charge in [0.05, 0.1) is 36.3 Å². The van der Waals surface area contributed by atoms with E-state index in [-0.39, 0.29) is 29.8 Å². The smallest absolute Gasteiger partial charge is 0.225 e. The lowest BCUT2D eigenvalue weighted by Gasteiger charge is -2.37. The molecule has 1 unspecified atom stereocenters. The zero-order valence-corrected chi connectivity index (χ0v) is 24.1. The number of rotatable bonds is 7. The van der Waals surface area contributed by atoms with Gasteiger partial charge in [0.2, 0.25) is 5.91 Å². The predicted octanol–water partition coefficient (Wildman–Crippen LogP) is 2.61. The van der Waals surface area contributed by atoms with Crippen LogP contribution in [-0.2, 0) is 21.7 Å². The third-order valence-electron chi connectivity index (χ3n) is 8.86. The van der Waals surface area contributed by atoms with Crippen LogP contribution in [0.15, 0.2) is 42.5 Å². The number of amides is 1. The number of likely N-dealkylation sites (tertiary alicyclic amines) is 1. The molecule has 2 heterocycles. The number of nitrogens with zero attached hydrogens (tertiary/aromatic N) is 1. The molecule has 202 valence electrons. The molecule has 1 aliphatic carbocycles. The van der Waals surface area contributed by atoms with E-state index >= 15 is 0 Å². The Balaban J connectivity index is 0.00000320. The Labute approximate surface area is 238 Å². The molecule has 2 aliphatic heterocycles. The summed E-state index contributed by atoms with van der Waals surface area (Å²) in [5.74, 6) is 0.740. The van der Waals surface area contributed by atoms with Gasteiger partial charge in [0.25, 0.3) is 0 Å². The second-order valence-corrected chi connectivity index (χ2v) is 12.0. The molecule has 0 bridgehead atoms. The third kappa shape index (κ3) is 6.47. The van der Waals surface area contributed by atoms with Crippen LogP contribution in [0.3, 0.4) is 0 Å². The number of carbonyl (C=O) groups is 1. The lowest BCUT2D eigenvalue weighted by Crippen LogP contribution is -3.13. The molecule has 1 amide bonds. The minimum Gasteiger partial charge on any atom is -1.00 e. The van der Waals surface area contributed by atoms with Crippen LogP contribution in [0.4, 0.5) is 0 Å². The highest BCUT2D eigenvalue weighted by molar-refractivity contribution is 6.42. The van der Waals surface area contributed by atoms with Crippen molar-refractivity contribution in [3.63, 3.8) is 0 Å². The molecule has 1 atom stereocenters. The monoisotopic (exact) mass is 564 g/mol. The Bertz CT molecular complexity index is 1060. The van der Waals surface area contributed by atoms with E-state index in [9.17, 15) is 4.79 Å². The highest BCUT2D eigenvalue weighted by Crippen LogP contribution is 2.42. The minimum absolute atomic E-state index is 0. The largest absolute Gasteiger partial charge is 1.00 e. The Morgan fingerprint density at radius 2 is 1.81 bits per heavy atom. The Kier molecular flexibility index (Phi) is 9.85. The number of quaternary nitrogens is 1. The van der Waals surface area contributed by atoms with E-state index in [0.29, 0.717) is 16.0 Å². The second kappa shape index (κ2) is 12.7. The molecular weight excluding hydrogens is 527 g/mol. The summed E-state index contributed by atoms with van der Waals surface area (Å²) in [7, 11) is 1.98. The van der Waals surface area contributed by atoms with E-state index in [2.05, 4.69) is 30.3 Å². The van der Waals surface area contributed by atoms with Crippen LogP contribution in [-0.4, -0.2) is 44.0 Å². The van der Waals surface area contributed by atoms with Crippen molar-refractivity contribution in [2.45, 2.75) is 69.5 Å². The average Bonchev–Trinajstić information content (AvgIpc) is 3.27. The summed E-state index contributed by atoms with van der Waals surface area (Å²) in [6.45, 7) is 4.76. The van der Waals surface area contributed by atoms with Gasteiger partial charge in [-0.1, -0.05) is 72.8 Å². The summed E-state index contributed by atoms with van der Waals surface area (Å²) in [6.07, 6.45) is 8.82. The summed E-state index contributed by atoms with van der Waals surface area (Å²) in [6, 6.07) is 14.7. The van der Waals surface area contributed by atoms with E-state index in [4.69, 9.17) is 27.9 Å². The molecule has 5 rings (SSSR count). The number of nitrogens with one attached hydrogen (secondary N) is 1. The van der Waals surface area contributed by atoms with E-state index < -0.39 is 0 Å². The number of piperidine rings is 1. The zero-order valence-electron chi connectivity index (χ0n) is 21.8. The van der Waals surface area contributed by atoms with Crippen molar-refractivity contribution in [2.24, 2.45) is 5.92 Å². The van der Waals surface area contributed by atoms with E-state index in [1.54, 1.807) is 4.90 Å². The number of ether oxygens (including phenoxy) is 1. The van der Waals surface area contributed by atoms with E-state index in [0.717, 1.165) is 64.9 Å². The molecule has 0 radical (unpaired) electrons. The lowest BCUT2D eigenvalue weighted by atomic mass is 9.83. The number of fused-ring (bicyclic) bond motifs is 2. The summed E-state index contributed by atoms with van der Waals surface area (Å²) in [5.41, 5.74) is 3.84. The molecule has 3 aliphatic rings. The maximum Gasteiger partial charge on any atom is 0.225 e. The van der Waals surface area contributed by atoms with E-state index in [1.165, 1.54) is 36.0 Å². The number of halogens is 3. The first-order chi connectivity index (χ1) is 17.4. The van der Waals surface area contributed by atoms with Gasteiger partial charge in [-0.25, -0.2) is 0 Å². The van der Waals surface area contributed by atoms with Gasteiger partial charge in [-0.15, -0.1) is 0 Å². The molecule has 2 aromatic rings. The minimum atomic E-state index is -0.0875. The highest BCUT2D eigenvalue weighted by atomic mass is 35.5. The van der Waals surface area contributed by atoms with Crippen molar-refractivity contribution in [1.29, 1.82) is 0 Å². The second-order valence-electron chi connectivity index (χ2n) is 11.2. The molecule has 7 heteroatoms.